The van der Waals surface area contributed by atoms with Crippen molar-refractivity contribution in [1.29, 1.82) is 5.26 Å². The first-order valence-corrected chi connectivity index (χ1v) is 6.74. The Kier molecular flexibility index (Phi) is 6.16. The molecule has 0 aliphatic rings. The number of rotatable bonds is 5. The molecule has 0 saturated carbocycles. The summed E-state index contributed by atoms with van der Waals surface area (Å²) >= 11 is 3.39. The third kappa shape index (κ3) is 4.34. The van der Waals surface area contributed by atoms with E-state index in [4.69, 9.17) is 10.00 Å². The predicted molar refractivity (Wildman–Crippen MR) is 74.1 cm³/mol. The van der Waals surface area contributed by atoms with Crippen LogP contribution in [0.1, 0.15) is 30.0 Å². The summed E-state index contributed by atoms with van der Waals surface area (Å²) in [5, 5.41) is 9.56. The van der Waals surface area contributed by atoms with Crippen molar-refractivity contribution in [2.24, 2.45) is 0 Å². The largest absolute Gasteiger partial charge is 0.466 e. The fourth-order valence-corrected chi connectivity index (χ4v) is 1.95. The second kappa shape index (κ2) is 7.67. The zero-order valence-electron chi connectivity index (χ0n) is 10.1. The quantitative estimate of drug-likeness (QED) is 0.618. The van der Waals surface area contributed by atoms with Gasteiger partial charge in [-0.1, -0.05) is 34.1 Å². The summed E-state index contributed by atoms with van der Waals surface area (Å²) < 4.78 is 4.83. The molecule has 0 N–H and O–H groups in total. The minimum atomic E-state index is -0.245. The number of ether oxygens (including phenoxy) is 1. The molecule has 1 aromatic rings. The monoisotopic (exact) mass is 307 g/mol. The van der Waals surface area contributed by atoms with E-state index in [9.17, 15) is 4.79 Å². The average molecular weight is 308 g/mol. The molecule has 3 nitrogen and oxygen atoms in total. The van der Waals surface area contributed by atoms with E-state index >= 15 is 0 Å². The van der Waals surface area contributed by atoms with Gasteiger partial charge in [0.2, 0.25) is 0 Å². The van der Waals surface area contributed by atoms with E-state index in [1.54, 1.807) is 25.1 Å². The number of hydrogen-bond donors (Lipinski definition) is 0. The third-order valence-corrected chi connectivity index (χ3v) is 2.91. The number of esters is 1. The van der Waals surface area contributed by atoms with Crippen LogP contribution in [0.3, 0.4) is 0 Å². The molecule has 1 aromatic carbocycles. The van der Waals surface area contributed by atoms with Crippen LogP contribution in [0.15, 0.2) is 24.3 Å². The van der Waals surface area contributed by atoms with E-state index in [1.807, 2.05) is 12.1 Å². The summed E-state index contributed by atoms with van der Waals surface area (Å²) in [5.41, 5.74) is 2.62. The number of alkyl halides is 1. The van der Waals surface area contributed by atoms with Crippen molar-refractivity contribution in [1.82, 2.24) is 0 Å². The van der Waals surface area contributed by atoms with Gasteiger partial charge >= 0.3 is 5.97 Å². The highest BCUT2D eigenvalue weighted by atomic mass is 79.9. The second-order valence-electron chi connectivity index (χ2n) is 3.57. The lowest BCUT2D eigenvalue weighted by atomic mass is 10.0. The maximum atomic E-state index is 11.2. The van der Waals surface area contributed by atoms with Gasteiger partial charge in [0.1, 0.15) is 0 Å². The lowest BCUT2D eigenvalue weighted by Crippen LogP contribution is -2.01. The van der Waals surface area contributed by atoms with Crippen LogP contribution >= 0.6 is 15.9 Å². The van der Waals surface area contributed by atoms with E-state index in [0.717, 1.165) is 11.1 Å². The average Bonchev–Trinajstić information content (AvgIpc) is 2.39. The van der Waals surface area contributed by atoms with Crippen molar-refractivity contribution in [3.05, 3.63) is 41.0 Å². The Hall–Kier alpha value is -1.60. The second-order valence-corrected chi connectivity index (χ2v) is 4.13. The lowest BCUT2D eigenvalue weighted by molar-refractivity contribution is -0.142. The molecule has 0 amide bonds. The Bertz CT molecular complexity index is 489. The molecule has 18 heavy (non-hydrogen) atoms. The first-order valence-electron chi connectivity index (χ1n) is 5.62. The van der Waals surface area contributed by atoms with Crippen LogP contribution in [0.2, 0.25) is 0 Å². The van der Waals surface area contributed by atoms with Gasteiger partial charge < -0.3 is 4.74 Å². The number of benzene rings is 1. The molecule has 0 radical (unpaired) electrons. The first kappa shape index (κ1) is 14.5. The van der Waals surface area contributed by atoms with Crippen LogP contribution in [0, 0.1) is 11.3 Å². The highest BCUT2D eigenvalue weighted by molar-refractivity contribution is 9.08. The maximum absolute atomic E-state index is 11.2. The van der Waals surface area contributed by atoms with Gasteiger partial charge in [0.25, 0.3) is 0 Å². The topological polar surface area (TPSA) is 50.1 Å². The standard InChI is InChI=1S/C14H14BrNO2/c1-2-18-14(17)5-3-4-12-8-11(10-16)6-7-13(12)9-15/h3-4,6-8H,2,5,9H2,1H3. The van der Waals surface area contributed by atoms with Crippen LogP contribution in [-0.4, -0.2) is 12.6 Å². The zero-order chi connectivity index (χ0) is 13.4. The van der Waals surface area contributed by atoms with Gasteiger partial charge in [-0.25, -0.2) is 0 Å². The number of carbonyl (C=O) groups excluding carboxylic acids is 1. The van der Waals surface area contributed by atoms with Crippen LogP contribution in [0.5, 0.6) is 0 Å². The van der Waals surface area contributed by atoms with E-state index < -0.39 is 0 Å². The Balaban J connectivity index is 2.79. The summed E-state index contributed by atoms with van der Waals surface area (Å²) in [5.74, 6) is -0.245. The molecule has 0 aromatic heterocycles. The maximum Gasteiger partial charge on any atom is 0.309 e. The van der Waals surface area contributed by atoms with Crippen molar-refractivity contribution < 1.29 is 9.53 Å². The molecule has 0 spiro atoms. The van der Waals surface area contributed by atoms with E-state index in [0.29, 0.717) is 17.5 Å². The smallest absolute Gasteiger partial charge is 0.309 e. The van der Waals surface area contributed by atoms with Gasteiger partial charge in [0.15, 0.2) is 0 Å². The minimum Gasteiger partial charge on any atom is -0.466 e. The summed E-state index contributed by atoms with van der Waals surface area (Å²) in [6.45, 7) is 2.17. The molecule has 0 atom stereocenters. The summed E-state index contributed by atoms with van der Waals surface area (Å²) in [6, 6.07) is 7.58. The zero-order valence-corrected chi connectivity index (χ0v) is 11.7. The number of hydrogen-bond acceptors (Lipinski definition) is 3. The Morgan fingerprint density at radius 1 is 1.56 bits per heavy atom. The normalized spacial score (nSPS) is 10.3. The Morgan fingerprint density at radius 3 is 2.94 bits per heavy atom. The SMILES string of the molecule is CCOC(=O)CC=Cc1cc(C#N)ccc1CBr. The minimum absolute atomic E-state index is 0.242. The highest BCUT2D eigenvalue weighted by Gasteiger charge is 2.01. The Labute approximate surface area is 115 Å². The summed E-state index contributed by atoms with van der Waals surface area (Å²) in [7, 11) is 0. The van der Waals surface area contributed by atoms with Crippen molar-refractivity contribution in [3.8, 4) is 6.07 Å². The molecular formula is C14H14BrNO2. The molecule has 0 fully saturated rings. The molecule has 1 rings (SSSR count). The molecule has 0 saturated heterocycles. The van der Waals surface area contributed by atoms with Gasteiger partial charge in [0, 0.05) is 5.33 Å². The summed E-state index contributed by atoms with van der Waals surface area (Å²) in [4.78, 5) is 11.2. The molecule has 0 aliphatic heterocycles. The van der Waals surface area contributed by atoms with Crippen LogP contribution in [0.4, 0.5) is 0 Å². The van der Waals surface area contributed by atoms with E-state index in [2.05, 4.69) is 22.0 Å². The lowest BCUT2D eigenvalue weighted by Gasteiger charge is -2.03. The van der Waals surface area contributed by atoms with Crippen molar-refractivity contribution >= 4 is 28.0 Å². The number of carbonyl (C=O) groups is 1. The van der Waals surface area contributed by atoms with Crippen molar-refractivity contribution in [3.63, 3.8) is 0 Å². The van der Waals surface area contributed by atoms with Gasteiger partial charge in [0.05, 0.1) is 24.7 Å². The highest BCUT2D eigenvalue weighted by Crippen LogP contribution is 2.16. The molecule has 94 valence electrons. The molecular weight excluding hydrogens is 294 g/mol. The molecule has 0 unspecified atom stereocenters. The molecule has 0 heterocycles. The van der Waals surface area contributed by atoms with Crippen molar-refractivity contribution in [2.75, 3.05) is 6.61 Å². The molecule has 4 heteroatoms. The van der Waals surface area contributed by atoms with E-state index in [-0.39, 0.29) is 12.4 Å². The van der Waals surface area contributed by atoms with Crippen LogP contribution in [0.25, 0.3) is 6.08 Å². The number of halogens is 1. The Morgan fingerprint density at radius 2 is 2.33 bits per heavy atom. The van der Waals surface area contributed by atoms with Gasteiger partial charge in [-0.2, -0.15) is 5.26 Å². The first-order chi connectivity index (χ1) is 8.71. The van der Waals surface area contributed by atoms with Gasteiger partial charge in [-0.15, -0.1) is 0 Å². The predicted octanol–water partition coefficient (Wildman–Crippen LogP) is 3.42. The number of nitrogens with zero attached hydrogens (tertiary/aromatic N) is 1. The number of nitriles is 1. The van der Waals surface area contributed by atoms with Gasteiger partial charge in [-0.05, 0) is 30.2 Å². The van der Waals surface area contributed by atoms with E-state index in [1.165, 1.54) is 0 Å². The van der Waals surface area contributed by atoms with Crippen molar-refractivity contribution in [2.45, 2.75) is 18.7 Å². The third-order valence-electron chi connectivity index (χ3n) is 2.31. The molecule has 0 aliphatic carbocycles. The van der Waals surface area contributed by atoms with Crippen LogP contribution in [-0.2, 0) is 14.9 Å². The fraction of sp³-hybridized carbons (Fsp3) is 0.286. The molecule has 0 bridgehead atoms. The van der Waals surface area contributed by atoms with Gasteiger partial charge in [-0.3, -0.25) is 4.79 Å². The fourth-order valence-electron chi connectivity index (χ4n) is 1.44. The summed E-state index contributed by atoms with van der Waals surface area (Å²) in [6.07, 6.45) is 3.83. The van der Waals surface area contributed by atoms with Crippen LogP contribution < -0.4 is 0 Å².